The molecule has 1 aromatic rings. The Morgan fingerprint density at radius 1 is 1.12 bits per heavy atom. The summed E-state index contributed by atoms with van der Waals surface area (Å²) in [6.45, 7) is 3.48. The first-order valence-electron chi connectivity index (χ1n) is 8.52. The number of nitrogens with one attached hydrogen (secondary N) is 1. The smallest absolute Gasteiger partial charge is 0.385 e. The topological polar surface area (TPSA) is 41.5 Å². The predicted molar refractivity (Wildman–Crippen MR) is 84.5 cm³/mol. The number of hydrogen-bond acceptors (Lipinski definition) is 3. The minimum atomic E-state index is -4.35. The van der Waals surface area contributed by atoms with Crippen LogP contribution in [0.1, 0.15) is 43.7 Å². The fourth-order valence-corrected chi connectivity index (χ4v) is 4.06. The van der Waals surface area contributed by atoms with Gasteiger partial charge in [0.1, 0.15) is 0 Å². The second-order valence-electron chi connectivity index (χ2n) is 7.14. The van der Waals surface area contributed by atoms with Crippen molar-refractivity contribution in [3.05, 3.63) is 35.4 Å². The van der Waals surface area contributed by atoms with Crippen molar-refractivity contribution in [2.45, 2.75) is 56.5 Å². The molecule has 3 unspecified atom stereocenters. The molecule has 24 heavy (non-hydrogen) atoms. The molecule has 2 aliphatic rings. The van der Waals surface area contributed by atoms with Gasteiger partial charge in [-0.25, -0.2) is 0 Å². The molecule has 3 nitrogen and oxygen atoms in total. The number of hydrogen-bond donors (Lipinski definition) is 2. The van der Waals surface area contributed by atoms with E-state index in [1.165, 1.54) is 12.1 Å². The first-order chi connectivity index (χ1) is 11.3. The Hall–Kier alpha value is -1.11. The minimum absolute atomic E-state index is 0.110. The Morgan fingerprint density at radius 3 is 2.33 bits per heavy atom. The summed E-state index contributed by atoms with van der Waals surface area (Å²) in [6.07, 6.45) is -1.43. The maximum atomic E-state index is 12.7. The Bertz CT molecular complexity index is 554. The second kappa shape index (κ2) is 6.65. The third-order valence-electron chi connectivity index (χ3n) is 5.28. The summed E-state index contributed by atoms with van der Waals surface area (Å²) < 4.78 is 43.6. The molecule has 134 valence electrons. The summed E-state index contributed by atoms with van der Waals surface area (Å²) in [4.78, 5) is 0. The van der Waals surface area contributed by atoms with Gasteiger partial charge < -0.3 is 15.2 Å². The highest BCUT2D eigenvalue weighted by molar-refractivity contribution is 5.29. The van der Waals surface area contributed by atoms with Gasteiger partial charge in [-0.2, -0.15) is 13.2 Å². The van der Waals surface area contributed by atoms with Crippen LogP contribution in [0, 0.1) is 5.92 Å². The van der Waals surface area contributed by atoms with E-state index in [9.17, 15) is 18.3 Å². The standard InChI is InChI=1S/C18H24F3NO2/c1-12-10-17(23,11-16(22-12)13-6-8-24-9-7-13)14-2-4-15(5-3-14)18(19,20)21/h2-5,12-13,16,22-23H,6-11H2,1H3. The average molecular weight is 343 g/mol. The zero-order valence-electron chi connectivity index (χ0n) is 13.8. The molecule has 0 amide bonds. The number of benzene rings is 1. The van der Waals surface area contributed by atoms with E-state index < -0.39 is 17.3 Å². The molecule has 0 saturated carbocycles. The van der Waals surface area contributed by atoms with E-state index in [1.807, 2.05) is 6.92 Å². The molecular weight excluding hydrogens is 319 g/mol. The zero-order chi connectivity index (χ0) is 17.4. The third-order valence-corrected chi connectivity index (χ3v) is 5.28. The molecule has 2 fully saturated rings. The van der Waals surface area contributed by atoms with E-state index in [0.717, 1.165) is 38.2 Å². The molecule has 0 aliphatic carbocycles. The molecule has 3 rings (SSSR count). The van der Waals surface area contributed by atoms with Gasteiger partial charge in [-0.1, -0.05) is 12.1 Å². The van der Waals surface area contributed by atoms with E-state index in [0.29, 0.717) is 24.3 Å². The highest BCUT2D eigenvalue weighted by Crippen LogP contribution is 2.39. The highest BCUT2D eigenvalue weighted by Gasteiger charge is 2.42. The normalized spacial score (nSPS) is 32.7. The van der Waals surface area contributed by atoms with E-state index in [-0.39, 0.29) is 12.1 Å². The number of ether oxygens (including phenoxy) is 1. The van der Waals surface area contributed by atoms with E-state index in [2.05, 4.69) is 5.32 Å². The molecule has 2 aliphatic heterocycles. The Labute approximate surface area is 140 Å². The van der Waals surface area contributed by atoms with Gasteiger partial charge in [-0.15, -0.1) is 0 Å². The molecular formula is C18H24F3NO2. The van der Waals surface area contributed by atoms with Gasteiger partial charge >= 0.3 is 6.18 Å². The van der Waals surface area contributed by atoms with Crippen molar-refractivity contribution in [2.24, 2.45) is 5.92 Å². The number of halogens is 3. The fourth-order valence-electron chi connectivity index (χ4n) is 4.06. The monoisotopic (exact) mass is 343 g/mol. The minimum Gasteiger partial charge on any atom is -0.385 e. The van der Waals surface area contributed by atoms with Crippen molar-refractivity contribution in [1.29, 1.82) is 0 Å². The maximum absolute atomic E-state index is 12.7. The van der Waals surface area contributed by atoms with Crippen molar-refractivity contribution in [3.8, 4) is 0 Å². The number of aliphatic hydroxyl groups is 1. The first kappa shape index (κ1) is 17.7. The highest BCUT2D eigenvalue weighted by atomic mass is 19.4. The van der Waals surface area contributed by atoms with Gasteiger partial charge in [0.2, 0.25) is 0 Å². The van der Waals surface area contributed by atoms with Crippen LogP contribution in [0.2, 0.25) is 0 Å². The molecule has 2 heterocycles. The van der Waals surface area contributed by atoms with Crippen LogP contribution in [0.5, 0.6) is 0 Å². The molecule has 0 bridgehead atoms. The second-order valence-corrected chi connectivity index (χ2v) is 7.14. The number of piperidine rings is 1. The summed E-state index contributed by atoms with van der Waals surface area (Å²) in [5, 5.41) is 14.7. The van der Waals surface area contributed by atoms with Crippen molar-refractivity contribution < 1.29 is 23.0 Å². The van der Waals surface area contributed by atoms with Crippen LogP contribution in [0.3, 0.4) is 0 Å². The lowest BCUT2D eigenvalue weighted by Gasteiger charge is -2.45. The van der Waals surface area contributed by atoms with Crippen molar-refractivity contribution in [1.82, 2.24) is 5.32 Å². The lowest BCUT2D eigenvalue weighted by molar-refractivity contribution is -0.137. The van der Waals surface area contributed by atoms with Gasteiger partial charge in [-0.3, -0.25) is 0 Å². The van der Waals surface area contributed by atoms with Crippen LogP contribution in [0.15, 0.2) is 24.3 Å². The molecule has 3 atom stereocenters. The van der Waals surface area contributed by atoms with Crippen molar-refractivity contribution in [3.63, 3.8) is 0 Å². The molecule has 6 heteroatoms. The van der Waals surface area contributed by atoms with E-state index >= 15 is 0 Å². The van der Waals surface area contributed by atoms with Crippen LogP contribution in [0.4, 0.5) is 13.2 Å². The van der Waals surface area contributed by atoms with Gasteiger partial charge in [0.15, 0.2) is 0 Å². The summed E-state index contributed by atoms with van der Waals surface area (Å²) in [7, 11) is 0. The molecule has 0 aromatic heterocycles. The Morgan fingerprint density at radius 2 is 1.75 bits per heavy atom. The first-order valence-corrected chi connectivity index (χ1v) is 8.52. The summed E-state index contributed by atoms with van der Waals surface area (Å²) in [5.41, 5.74) is -1.20. The molecule has 2 saturated heterocycles. The van der Waals surface area contributed by atoms with Crippen LogP contribution in [-0.4, -0.2) is 30.4 Å². The number of rotatable bonds is 2. The molecule has 0 radical (unpaired) electrons. The van der Waals surface area contributed by atoms with Crippen molar-refractivity contribution >= 4 is 0 Å². The lowest BCUT2D eigenvalue weighted by Crippen LogP contribution is -2.54. The van der Waals surface area contributed by atoms with Crippen LogP contribution in [-0.2, 0) is 16.5 Å². The predicted octanol–water partition coefficient (Wildman–Crippen LogP) is 3.46. The third kappa shape index (κ3) is 3.76. The Balaban J connectivity index is 1.79. The van der Waals surface area contributed by atoms with E-state index in [4.69, 9.17) is 4.74 Å². The lowest BCUT2D eigenvalue weighted by atomic mass is 9.74. The van der Waals surface area contributed by atoms with Gasteiger partial charge in [-0.05, 0) is 56.2 Å². The molecule has 0 spiro atoms. The average Bonchev–Trinajstić information content (AvgIpc) is 2.54. The van der Waals surface area contributed by atoms with Crippen LogP contribution >= 0.6 is 0 Å². The molecule has 1 aromatic carbocycles. The van der Waals surface area contributed by atoms with Gasteiger partial charge in [0, 0.05) is 25.3 Å². The molecule has 2 N–H and O–H groups in total. The van der Waals surface area contributed by atoms with Crippen molar-refractivity contribution in [2.75, 3.05) is 13.2 Å². The summed E-state index contributed by atoms with van der Waals surface area (Å²) in [6, 6.07) is 5.22. The SMILES string of the molecule is CC1CC(O)(c2ccc(C(F)(F)F)cc2)CC(C2CCOCC2)N1. The fraction of sp³-hybridized carbons (Fsp3) is 0.667. The summed E-state index contributed by atoms with van der Waals surface area (Å²) in [5.74, 6) is 0.433. The van der Waals surface area contributed by atoms with E-state index in [1.54, 1.807) is 0 Å². The largest absolute Gasteiger partial charge is 0.416 e. The Kier molecular flexibility index (Phi) is 4.91. The quantitative estimate of drug-likeness (QED) is 0.864. The number of alkyl halides is 3. The van der Waals surface area contributed by atoms with Crippen LogP contribution < -0.4 is 5.32 Å². The van der Waals surface area contributed by atoms with Gasteiger partial charge in [0.05, 0.1) is 11.2 Å². The van der Waals surface area contributed by atoms with Gasteiger partial charge in [0.25, 0.3) is 0 Å². The maximum Gasteiger partial charge on any atom is 0.416 e. The zero-order valence-corrected chi connectivity index (χ0v) is 13.8. The van der Waals surface area contributed by atoms with Crippen LogP contribution in [0.25, 0.3) is 0 Å². The summed E-state index contributed by atoms with van der Waals surface area (Å²) >= 11 is 0.